The van der Waals surface area contributed by atoms with E-state index in [4.69, 9.17) is 0 Å². The topological polar surface area (TPSA) is 62.8 Å². The van der Waals surface area contributed by atoms with Gasteiger partial charge in [0.15, 0.2) is 10.9 Å². The molecule has 3 rings (SSSR count). The predicted octanol–water partition coefficient (Wildman–Crippen LogP) is 3.96. The Morgan fingerprint density at radius 2 is 2.00 bits per heavy atom. The lowest BCUT2D eigenvalue weighted by Gasteiger charge is -2.09. The third kappa shape index (κ3) is 4.46. The van der Waals surface area contributed by atoms with Crippen LogP contribution in [0.3, 0.4) is 0 Å². The van der Waals surface area contributed by atoms with Crippen molar-refractivity contribution in [2.24, 2.45) is 0 Å². The molecule has 25 heavy (non-hydrogen) atoms. The van der Waals surface area contributed by atoms with Crippen LogP contribution in [0.15, 0.2) is 57.8 Å². The number of aromatic amines is 1. The Morgan fingerprint density at radius 1 is 1.20 bits per heavy atom. The van der Waals surface area contributed by atoms with Crippen molar-refractivity contribution in [1.29, 1.82) is 0 Å². The summed E-state index contributed by atoms with van der Waals surface area (Å²) in [5.74, 6) is 0.312. The lowest BCUT2D eigenvalue weighted by Crippen LogP contribution is -2.19. The van der Waals surface area contributed by atoms with E-state index in [1.807, 2.05) is 54.8 Å². The van der Waals surface area contributed by atoms with E-state index in [-0.39, 0.29) is 17.1 Å². The second-order valence-corrected chi connectivity index (χ2v) is 7.41. The van der Waals surface area contributed by atoms with Crippen molar-refractivity contribution >= 4 is 28.9 Å². The summed E-state index contributed by atoms with van der Waals surface area (Å²) in [6.45, 7) is 1.95. The summed E-state index contributed by atoms with van der Waals surface area (Å²) in [6, 6.07) is 13.6. The van der Waals surface area contributed by atoms with Gasteiger partial charge in [0.1, 0.15) is 0 Å². The third-order valence-corrected chi connectivity index (χ3v) is 5.57. The van der Waals surface area contributed by atoms with E-state index in [0.717, 1.165) is 16.1 Å². The van der Waals surface area contributed by atoms with Crippen molar-refractivity contribution in [2.45, 2.75) is 24.9 Å². The van der Waals surface area contributed by atoms with Gasteiger partial charge in [0.25, 0.3) is 5.56 Å². The van der Waals surface area contributed by atoms with Gasteiger partial charge in [0, 0.05) is 12.0 Å². The molecule has 0 saturated heterocycles. The summed E-state index contributed by atoms with van der Waals surface area (Å²) >= 11 is 2.70. The number of nitrogens with zero attached hydrogens (tertiary/aromatic N) is 1. The Hall–Kier alpha value is -2.18. The highest BCUT2D eigenvalue weighted by atomic mass is 32.2. The van der Waals surface area contributed by atoms with E-state index in [2.05, 4.69) is 9.97 Å². The molecule has 0 amide bonds. The normalized spacial score (nSPS) is 10.8. The van der Waals surface area contributed by atoms with Gasteiger partial charge in [-0.3, -0.25) is 9.59 Å². The standard InChI is InChI=1S/C19H18N2O2S2/c1-2-14-15(11-13-7-4-3-5-8-13)20-19(21-18(14)23)25-12-16(22)17-9-6-10-24-17/h3-10H,2,11-12H2,1H3,(H,20,21,23). The summed E-state index contributed by atoms with van der Waals surface area (Å²) in [5, 5.41) is 2.38. The highest BCUT2D eigenvalue weighted by molar-refractivity contribution is 7.99. The number of benzene rings is 1. The largest absolute Gasteiger partial charge is 0.301 e. The first-order chi connectivity index (χ1) is 12.2. The van der Waals surface area contributed by atoms with Gasteiger partial charge >= 0.3 is 0 Å². The number of Topliss-reactive ketones (excluding diaryl/α,β-unsaturated/α-hetero) is 1. The highest BCUT2D eigenvalue weighted by Gasteiger charge is 2.13. The summed E-state index contributed by atoms with van der Waals surface area (Å²) in [4.78, 5) is 32.6. The van der Waals surface area contributed by atoms with Gasteiger partial charge in [0.2, 0.25) is 0 Å². The number of aromatic nitrogens is 2. The molecule has 0 unspecified atom stereocenters. The predicted molar refractivity (Wildman–Crippen MR) is 103 cm³/mol. The molecule has 3 aromatic rings. The Morgan fingerprint density at radius 3 is 2.68 bits per heavy atom. The van der Waals surface area contributed by atoms with Crippen molar-refractivity contribution in [1.82, 2.24) is 9.97 Å². The second-order valence-electron chi connectivity index (χ2n) is 5.50. The van der Waals surface area contributed by atoms with Crippen molar-refractivity contribution < 1.29 is 4.79 Å². The molecule has 2 heterocycles. The molecule has 0 fully saturated rings. The molecule has 1 N–H and O–H groups in total. The van der Waals surface area contributed by atoms with Crippen LogP contribution in [0.4, 0.5) is 0 Å². The minimum Gasteiger partial charge on any atom is -0.301 e. The molecular weight excluding hydrogens is 352 g/mol. The Kier molecular flexibility index (Phi) is 5.83. The average molecular weight is 370 g/mol. The number of ketones is 1. The second kappa shape index (κ2) is 8.27. The molecule has 0 aliphatic rings. The number of carbonyl (C=O) groups is 1. The van der Waals surface area contributed by atoms with E-state index in [9.17, 15) is 9.59 Å². The van der Waals surface area contributed by atoms with Gasteiger partial charge in [0.05, 0.1) is 16.3 Å². The first-order valence-electron chi connectivity index (χ1n) is 8.03. The van der Waals surface area contributed by atoms with E-state index < -0.39 is 0 Å². The third-order valence-electron chi connectivity index (χ3n) is 3.78. The number of rotatable bonds is 7. The fourth-order valence-corrected chi connectivity index (χ4v) is 4.05. The highest BCUT2D eigenvalue weighted by Crippen LogP contribution is 2.19. The summed E-state index contributed by atoms with van der Waals surface area (Å²) < 4.78 is 0. The summed E-state index contributed by atoms with van der Waals surface area (Å²) in [5.41, 5.74) is 2.48. The molecule has 0 radical (unpaired) electrons. The van der Waals surface area contributed by atoms with Gasteiger partial charge < -0.3 is 4.98 Å². The van der Waals surface area contributed by atoms with Crippen molar-refractivity contribution in [2.75, 3.05) is 5.75 Å². The minimum absolute atomic E-state index is 0.0480. The van der Waals surface area contributed by atoms with Crippen molar-refractivity contribution in [3.63, 3.8) is 0 Å². The van der Waals surface area contributed by atoms with Gasteiger partial charge in [-0.25, -0.2) is 4.98 Å². The lowest BCUT2D eigenvalue weighted by molar-refractivity contribution is 0.102. The minimum atomic E-state index is -0.116. The molecule has 0 saturated carbocycles. The van der Waals surface area contributed by atoms with E-state index in [0.29, 0.717) is 23.6 Å². The molecule has 0 aliphatic carbocycles. The number of nitrogens with one attached hydrogen (secondary N) is 1. The number of thiophene rings is 1. The van der Waals surface area contributed by atoms with Crippen LogP contribution in [0, 0.1) is 0 Å². The Bertz CT molecular complexity index is 903. The van der Waals surface area contributed by atoms with Gasteiger partial charge in [-0.15, -0.1) is 11.3 Å². The van der Waals surface area contributed by atoms with Gasteiger partial charge in [-0.05, 0) is 23.4 Å². The van der Waals surface area contributed by atoms with E-state index >= 15 is 0 Å². The van der Waals surface area contributed by atoms with Crippen LogP contribution in [-0.4, -0.2) is 21.5 Å². The van der Waals surface area contributed by atoms with Crippen LogP contribution >= 0.6 is 23.1 Å². The molecule has 2 aromatic heterocycles. The monoisotopic (exact) mass is 370 g/mol. The maximum absolute atomic E-state index is 12.4. The van der Waals surface area contributed by atoms with Crippen LogP contribution in [0.2, 0.25) is 0 Å². The number of hydrogen-bond acceptors (Lipinski definition) is 5. The van der Waals surface area contributed by atoms with Crippen molar-refractivity contribution in [3.8, 4) is 0 Å². The van der Waals surface area contributed by atoms with Gasteiger partial charge in [-0.1, -0.05) is 55.1 Å². The molecule has 1 aromatic carbocycles. The van der Waals surface area contributed by atoms with Crippen LogP contribution in [-0.2, 0) is 12.8 Å². The molecule has 128 valence electrons. The molecule has 0 aliphatic heterocycles. The van der Waals surface area contributed by atoms with Crippen LogP contribution < -0.4 is 5.56 Å². The number of carbonyl (C=O) groups excluding carboxylic acids is 1. The number of hydrogen-bond donors (Lipinski definition) is 1. The van der Waals surface area contributed by atoms with Gasteiger partial charge in [-0.2, -0.15) is 0 Å². The quantitative estimate of drug-likeness (QED) is 0.388. The zero-order chi connectivity index (χ0) is 17.6. The molecular formula is C19H18N2O2S2. The van der Waals surface area contributed by atoms with Crippen molar-refractivity contribution in [3.05, 3.63) is 79.9 Å². The Labute approximate surface area is 154 Å². The lowest BCUT2D eigenvalue weighted by atomic mass is 10.1. The number of thioether (sulfide) groups is 1. The van der Waals surface area contributed by atoms with Crippen LogP contribution in [0.5, 0.6) is 0 Å². The maximum atomic E-state index is 12.4. The smallest absolute Gasteiger partial charge is 0.254 e. The Balaban J connectivity index is 1.80. The maximum Gasteiger partial charge on any atom is 0.254 e. The first-order valence-corrected chi connectivity index (χ1v) is 9.89. The SMILES string of the molecule is CCc1c(Cc2ccccc2)nc(SCC(=O)c2cccs2)[nH]c1=O. The fraction of sp³-hybridized carbons (Fsp3) is 0.211. The van der Waals surface area contributed by atoms with Crippen LogP contribution in [0.1, 0.15) is 33.4 Å². The molecule has 0 atom stereocenters. The molecule has 4 nitrogen and oxygen atoms in total. The first kappa shape index (κ1) is 17.6. The molecule has 0 spiro atoms. The average Bonchev–Trinajstić information content (AvgIpc) is 3.15. The summed E-state index contributed by atoms with van der Waals surface area (Å²) in [7, 11) is 0. The fourth-order valence-electron chi connectivity index (χ4n) is 2.53. The van der Waals surface area contributed by atoms with E-state index in [1.165, 1.54) is 23.1 Å². The van der Waals surface area contributed by atoms with Crippen LogP contribution in [0.25, 0.3) is 0 Å². The molecule has 6 heteroatoms. The zero-order valence-corrected chi connectivity index (χ0v) is 15.5. The molecule has 0 bridgehead atoms. The van der Waals surface area contributed by atoms with E-state index in [1.54, 1.807) is 0 Å². The zero-order valence-electron chi connectivity index (χ0n) is 13.8. The number of H-pyrrole nitrogens is 1. The summed E-state index contributed by atoms with van der Waals surface area (Å²) in [6.07, 6.45) is 1.24.